The van der Waals surface area contributed by atoms with Gasteiger partial charge in [0.1, 0.15) is 5.82 Å². The fourth-order valence-corrected chi connectivity index (χ4v) is 3.35. The SMILES string of the molecule is Cl.Fc1ccccc1CCCO[C@H]1C[C@H]2CC[C@@H](C1)N2. The van der Waals surface area contributed by atoms with Crippen LogP contribution in [0, 0.1) is 5.82 Å². The van der Waals surface area contributed by atoms with Crippen LogP contribution in [0.15, 0.2) is 24.3 Å². The first-order chi connectivity index (χ1) is 9.31. The molecule has 0 aliphatic carbocycles. The molecule has 2 aliphatic heterocycles. The van der Waals surface area contributed by atoms with Gasteiger partial charge in [-0.1, -0.05) is 18.2 Å². The zero-order valence-corrected chi connectivity index (χ0v) is 12.5. The third-order valence-electron chi connectivity index (χ3n) is 4.33. The molecule has 2 fully saturated rings. The Morgan fingerprint density at radius 2 is 1.85 bits per heavy atom. The Hall–Kier alpha value is -0.640. The number of hydrogen-bond acceptors (Lipinski definition) is 2. The van der Waals surface area contributed by atoms with Crippen molar-refractivity contribution < 1.29 is 9.13 Å². The Labute approximate surface area is 126 Å². The van der Waals surface area contributed by atoms with Crippen molar-refractivity contribution in [2.24, 2.45) is 0 Å². The first-order valence-electron chi connectivity index (χ1n) is 7.42. The lowest BCUT2D eigenvalue weighted by Crippen LogP contribution is -2.41. The van der Waals surface area contributed by atoms with Crippen LogP contribution in [0.1, 0.15) is 37.7 Å². The van der Waals surface area contributed by atoms with E-state index >= 15 is 0 Å². The van der Waals surface area contributed by atoms with Gasteiger partial charge in [0.25, 0.3) is 0 Å². The molecule has 2 heterocycles. The molecule has 2 nitrogen and oxygen atoms in total. The third-order valence-corrected chi connectivity index (χ3v) is 4.33. The Balaban J connectivity index is 0.00000147. The molecule has 3 rings (SSSR count). The van der Waals surface area contributed by atoms with E-state index in [1.54, 1.807) is 6.07 Å². The molecule has 3 atom stereocenters. The summed E-state index contributed by atoms with van der Waals surface area (Å²) in [6.45, 7) is 0.748. The largest absolute Gasteiger partial charge is 0.378 e. The second kappa shape index (κ2) is 7.39. The van der Waals surface area contributed by atoms with Crippen LogP contribution in [0.25, 0.3) is 0 Å². The highest BCUT2D eigenvalue weighted by Crippen LogP contribution is 2.28. The van der Waals surface area contributed by atoms with Crippen LogP contribution in [0.2, 0.25) is 0 Å². The number of ether oxygens (including phenoxy) is 1. The second-order valence-electron chi connectivity index (χ2n) is 5.80. The topological polar surface area (TPSA) is 21.3 Å². The Kier molecular flexibility index (Phi) is 5.82. The van der Waals surface area contributed by atoms with E-state index in [1.165, 1.54) is 18.9 Å². The van der Waals surface area contributed by atoms with Gasteiger partial charge in [0, 0.05) is 18.7 Å². The van der Waals surface area contributed by atoms with Crippen LogP contribution in [-0.4, -0.2) is 24.8 Å². The number of halogens is 2. The van der Waals surface area contributed by atoms with Gasteiger partial charge in [-0.05, 0) is 50.2 Å². The predicted octanol–water partition coefficient (Wildman–Crippen LogP) is 3.48. The minimum Gasteiger partial charge on any atom is -0.378 e. The van der Waals surface area contributed by atoms with E-state index in [4.69, 9.17) is 4.74 Å². The van der Waals surface area contributed by atoms with E-state index in [0.29, 0.717) is 18.2 Å². The summed E-state index contributed by atoms with van der Waals surface area (Å²) in [6, 6.07) is 8.37. The fraction of sp³-hybridized carbons (Fsp3) is 0.625. The second-order valence-corrected chi connectivity index (χ2v) is 5.80. The molecule has 112 valence electrons. The summed E-state index contributed by atoms with van der Waals surface area (Å²) in [7, 11) is 0. The predicted molar refractivity (Wildman–Crippen MR) is 80.9 cm³/mol. The van der Waals surface area contributed by atoms with Crippen molar-refractivity contribution in [3.05, 3.63) is 35.6 Å². The zero-order valence-electron chi connectivity index (χ0n) is 11.7. The molecule has 0 aromatic heterocycles. The molecule has 2 saturated heterocycles. The minimum absolute atomic E-state index is 0. The van der Waals surface area contributed by atoms with Gasteiger partial charge in [-0.25, -0.2) is 4.39 Å². The maximum atomic E-state index is 13.4. The van der Waals surface area contributed by atoms with Crippen LogP contribution >= 0.6 is 12.4 Å². The summed E-state index contributed by atoms with van der Waals surface area (Å²) in [5, 5.41) is 3.61. The van der Waals surface area contributed by atoms with Crippen LogP contribution < -0.4 is 5.32 Å². The van der Waals surface area contributed by atoms with Gasteiger partial charge in [-0.2, -0.15) is 0 Å². The van der Waals surface area contributed by atoms with Gasteiger partial charge in [0.15, 0.2) is 0 Å². The highest BCUT2D eigenvalue weighted by molar-refractivity contribution is 5.85. The van der Waals surface area contributed by atoms with Gasteiger partial charge in [-0.3, -0.25) is 0 Å². The number of benzene rings is 1. The molecular weight excluding hydrogens is 277 g/mol. The molecule has 0 radical (unpaired) electrons. The molecule has 1 N–H and O–H groups in total. The number of fused-ring (bicyclic) bond motifs is 2. The number of aryl methyl sites for hydroxylation is 1. The van der Waals surface area contributed by atoms with Crippen LogP contribution in [0.4, 0.5) is 4.39 Å². The minimum atomic E-state index is -0.0950. The number of rotatable bonds is 5. The lowest BCUT2D eigenvalue weighted by atomic mass is 10.0. The first-order valence-corrected chi connectivity index (χ1v) is 7.42. The normalized spacial score (nSPS) is 28.1. The highest BCUT2D eigenvalue weighted by atomic mass is 35.5. The van der Waals surface area contributed by atoms with Crippen molar-refractivity contribution in [3.8, 4) is 0 Å². The van der Waals surface area contributed by atoms with Crippen LogP contribution in [-0.2, 0) is 11.2 Å². The highest BCUT2D eigenvalue weighted by Gasteiger charge is 2.33. The summed E-state index contributed by atoms with van der Waals surface area (Å²) in [5.74, 6) is -0.0950. The molecule has 1 aromatic carbocycles. The number of hydrogen-bond donors (Lipinski definition) is 1. The molecule has 20 heavy (non-hydrogen) atoms. The van der Waals surface area contributed by atoms with Crippen molar-refractivity contribution in [1.82, 2.24) is 5.32 Å². The summed E-state index contributed by atoms with van der Waals surface area (Å²) in [5.41, 5.74) is 0.802. The van der Waals surface area contributed by atoms with Crippen molar-refractivity contribution >= 4 is 12.4 Å². The summed E-state index contributed by atoms with van der Waals surface area (Å²) < 4.78 is 19.4. The Bertz CT molecular complexity index is 417. The average Bonchev–Trinajstić information content (AvgIpc) is 2.76. The molecule has 0 amide bonds. The van der Waals surface area contributed by atoms with Crippen molar-refractivity contribution in [1.29, 1.82) is 0 Å². The zero-order chi connectivity index (χ0) is 13.1. The van der Waals surface area contributed by atoms with E-state index in [0.717, 1.165) is 37.9 Å². The standard InChI is InChI=1S/C16H22FNO.ClH/c17-16-6-2-1-4-12(16)5-3-9-19-15-10-13-7-8-14(11-15)18-13;/h1-2,4,6,13-15,18H,3,5,7-11H2;1H/t13-,14+,15+;. The van der Waals surface area contributed by atoms with E-state index in [1.807, 2.05) is 12.1 Å². The fourth-order valence-electron chi connectivity index (χ4n) is 3.35. The molecule has 2 bridgehead atoms. The molecule has 1 aromatic rings. The van der Waals surface area contributed by atoms with Crippen molar-refractivity contribution in [2.75, 3.05) is 6.61 Å². The smallest absolute Gasteiger partial charge is 0.126 e. The van der Waals surface area contributed by atoms with Gasteiger partial charge in [0.05, 0.1) is 6.10 Å². The Morgan fingerprint density at radius 1 is 1.15 bits per heavy atom. The maximum absolute atomic E-state index is 13.4. The third kappa shape index (κ3) is 3.94. The average molecular weight is 300 g/mol. The number of nitrogens with one attached hydrogen (secondary N) is 1. The van der Waals surface area contributed by atoms with E-state index in [2.05, 4.69) is 5.32 Å². The molecule has 4 heteroatoms. The van der Waals surface area contributed by atoms with Gasteiger partial charge >= 0.3 is 0 Å². The molecule has 0 spiro atoms. The summed E-state index contributed by atoms with van der Waals surface area (Å²) in [4.78, 5) is 0. The van der Waals surface area contributed by atoms with Crippen molar-refractivity contribution in [2.45, 2.75) is 56.7 Å². The van der Waals surface area contributed by atoms with Gasteiger partial charge in [0.2, 0.25) is 0 Å². The molecule has 0 saturated carbocycles. The van der Waals surface area contributed by atoms with E-state index < -0.39 is 0 Å². The monoisotopic (exact) mass is 299 g/mol. The molecular formula is C16H23ClFNO. The molecule has 2 aliphatic rings. The van der Waals surface area contributed by atoms with Gasteiger partial charge in [-0.15, -0.1) is 12.4 Å². The molecule has 0 unspecified atom stereocenters. The van der Waals surface area contributed by atoms with Crippen LogP contribution in [0.3, 0.4) is 0 Å². The maximum Gasteiger partial charge on any atom is 0.126 e. The van der Waals surface area contributed by atoms with Crippen molar-refractivity contribution in [3.63, 3.8) is 0 Å². The summed E-state index contributed by atoms with van der Waals surface area (Å²) >= 11 is 0. The lowest BCUT2D eigenvalue weighted by Gasteiger charge is -2.29. The summed E-state index contributed by atoms with van der Waals surface area (Å²) in [6.07, 6.45) is 7.00. The van der Waals surface area contributed by atoms with E-state index in [-0.39, 0.29) is 18.2 Å². The van der Waals surface area contributed by atoms with Crippen LogP contribution in [0.5, 0.6) is 0 Å². The van der Waals surface area contributed by atoms with E-state index in [9.17, 15) is 4.39 Å². The lowest BCUT2D eigenvalue weighted by molar-refractivity contribution is 0.0192. The number of piperidine rings is 1. The Morgan fingerprint density at radius 3 is 2.55 bits per heavy atom. The van der Waals surface area contributed by atoms with Gasteiger partial charge < -0.3 is 10.1 Å². The quantitative estimate of drug-likeness (QED) is 0.841. The first kappa shape index (κ1) is 15.7.